The van der Waals surface area contributed by atoms with Crippen molar-refractivity contribution >= 4 is 23.6 Å². The molecule has 5 heteroatoms. The fourth-order valence-corrected chi connectivity index (χ4v) is 3.71. The molecule has 1 aliphatic carbocycles. The second-order valence-corrected chi connectivity index (χ2v) is 7.31. The summed E-state index contributed by atoms with van der Waals surface area (Å²) in [5.74, 6) is 1.97. The van der Waals surface area contributed by atoms with Crippen LogP contribution in [0.4, 0.5) is 0 Å². The van der Waals surface area contributed by atoms with Gasteiger partial charge < -0.3 is 10.2 Å². The van der Waals surface area contributed by atoms with Gasteiger partial charge in [-0.1, -0.05) is 19.3 Å². The van der Waals surface area contributed by atoms with Crippen LogP contribution in [-0.2, 0) is 9.59 Å². The second-order valence-electron chi connectivity index (χ2n) is 6.32. The van der Waals surface area contributed by atoms with Crippen molar-refractivity contribution in [3.05, 3.63) is 0 Å². The van der Waals surface area contributed by atoms with Gasteiger partial charge >= 0.3 is 0 Å². The van der Waals surface area contributed by atoms with Crippen LogP contribution >= 0.6 is 11.8 Å². The number of carbonyl (C=O) groups excluding carboxylic acids is 2. The Labute approximate surface area is 132 Å². The third-order valence-corrected chi connectivity index (χ3v) is 5.29. The number of rotatable bonds is 6. The van der Waals surface area contributed by atoms with Crippen molar-refractivity contribution in [2.45, 2.75) is 44.9 Å². The number of hydrogen-bond acceptors (Lipinski definition) is 3. The lowest BCUT2D eigenvalue weighted by Gasteiger charge is -2.35. The summed E-state index contributed by atoms with van der Waals surface area (Å²) in [6.07, 6.45) is 9.71. The molecule has 21 heavy (non-hydrogen) atoms. The van der Waals surface area contributed by atoms with Crippen LogP contribution < -0.4 is 5.32 Å². The summed E-state index contributed by atoms with van der Waals surface area (Å²) in [4.78, 5) is 26.2. The molecule has 4 nitrogen and oxygen atoms in total. The molecular formula is C16H28N2O2S. The van der Waals surface area contributed by atoms with E-state index in [1.165, 1.54) is 32.1 Å². The predicted octanol–water partition coefficient (Wildman–Crippen LogP) is 2.28. The molecule has 1 aliphatic heterocycles. The Morgan fingerprint density at radius 1 is 1.29 bits per heavy atom. The van der Waals surface area contributed by atoms with E-state index in [0.29, 0.717) is 25.3 Å². The Balaban J connectivity index is 1.80. The molecule has 0 spiro atoms. The molecule has 0 bridgehead atoms. The van der Waals surface area contributed by atoms with Crippen LogP contribution in [0.5, 0.6) is 0 Å². The molecule has 1 saturated carbocycles. The number of nitrogens with zero attached hydrogens (tertiary/aromatic N) is 1. The summed E-state index contributed by atoms with van der Waals surface area (Å²) in [5, 5.41) is 2.99. The van der Waals surface area contributed by atoms with E-state index in [0.717, 1.165) is 18.8 Å². The largest absolute Gasteiger partial charge is 0.355 e. The van der Waals surface area contributed by atoms with Crippen LogP contribution in [-0.4, -0.2) is 48.4 Å². The standard InChI is InChI=1S/C16H28N2O2S/c1-21-10-9-17-16(20)14-7-8-15(19)18(12-14)11-13-5-3-2-4-6-13/h13-14H,2-12H2,1H3,(H,17,20). The molecule has 1 unspecified atom stereocenters. The van der Waals surface area contributed by atoms with Crippen molar-refractivity contribution in [3.63, 3.8) is 0 Å². The van der Waals surface area contributed by atoms with Gasteiger partial charge in [-0.15, -0.1) is 0 Å². The SMILES string of the molecule is CSCCNC(=O)C1CCC(=O)N(CC2CCCCC2)C1. The Morgan fingerprint density at radius 2 is 2.05 bits per heavy atom. The van der Waals surface area contributed by atoms with Crippen LogP contribution in [0.2, 0.25) is 0 Å². The van der Waals surface area contributed by atoms with E-state index in [2.05, 4.69) is 5.32 Å². The summed E-state index contributed by atoms with van der Waals surface area (Å²) in [6.45, 7) is 2.22. The lowest BCUT2D eigenvalue weighted by molar-refractivity contribution is -0.139. The zero-order chi connectivity index (χ0) is 15.1. The molecular weight excluding hydrogens is 284 g/mol. The lowest BCUT2D eigenvalue weighted by atomic mass is 9.87. The Kier molecular flexibility index (Phi) is 6.87. The van der Waals surface area contributed by atoms with E-state index in [-0.39, 0.29) is 17.7 Å². The van der Waals surface area contributed by atoms with Gasteiger partial charge in [-0.3, -0.25) is 9.59 Å². The van der Waals surface area contributed by atoms with Crippen LogP contribution in [0.15, 0.2) is 0 Å². The maximum absolute atomic E-state index is 12.2. The van der Waals surface area contributed by atoms with Crippen LogP contribution in [0.25, 0.3) is 0 Å². The fourth-order valence-electron chi connectivity index (χ4n) is 3.41. The minimum Gasteiger partial charge on any atom is -0.355 e. The van der Waals surface area contributed by atoms with Gasteiger partial charge in [0.15, 0.2) is 0 Å². The van der Waals surface area contributed by atoms with Crippen LogP contribution in [0.1, 0.15) is 44.9 Å². The molecule has 0 aromatic carbocycles. The van der Waals surface area contributed by atoms with Crippen LogP contribution in [0, 0.1) is 11.8 Å². The monoisotopic (exact) mass is 312 g/mol. The molecule has 1 atom stereocenters. The zero-order valence-electron chi connectivity index (χ0n) is 13.1. The molecule has 1 heterocycles. The Morgan fingerprint density at radius 3 is 2.76 bits per heavy atom. The first-order valence-electron chi connectivity index (χ1n) is 8.25. The quantitative estimate of drug-likeness (QED) is 0.766. The Hall–Kier alpha value is -0.710. The summed E-state index contributed by atoms with van der Waals surface area (Å²) in [7, 11) is 0. The number of carbonyl (C=O) groups is 2. The Bertz CT molecular complexity index is 356. The van der Waals surface area contributed by atoms with Gasteiger partial charge in [0.05, 0.1) is 5.92 Å². The minimum atomic E-state index is -0.00635. The van der Waals surface area contributed by atoms with Gasteiger partial charge in [0.1, 0.15) is 0 Å². The van der Waals surface area contributed by atoms with E-state index in [9.17, 15) is 9.59 Å². The van der Waals surface area contributed by atoms with Crippen molar-refractivity contribution in [1.82, 2.24) is 10.2 Å². The fraction of sp³-hybridized carbons (Fsp3) is 0.875. The number of hydrogen-bond donors (Lipinski definition) is 1. The summed E-state index contributed by atoms with van der Waals surface area (Å²) in [5.41, 5.74) is 0. The average molecular weight is 312 g/mol. The van der Waals surface area contributed by atoms with Crippen molar-refractivity contribution in [2.75, 3.05) is 31.6 Å². The van der Waals surface area contributed by atoms with E-state index < -0.39 is 0 Å². The van der Waals surface area contributed by atoms with Gasteiger partial charge in [-0.2, -0.15) is 11.8 Å². The molecule has 2 rings (SSSR count). The topological polar surface area (TPSA) is 49.4 Å². The summed E-state index contributed by atoms with van der Waals surface area (Å²) in [6, 6.07) is 0. The molecule has 2 amide bonds. The molecule has 0 aromatic heterocycles. The van der Waals surface area contributed by atoms with E-state index in [4.69, 9.17) is 0 Å². The summed E-state index contributed by atoms with van der Waals surface area (Å²) < 4.78 is 0. The van der Waals surface area contributed by atoms with Crippen molar-refractivity contribution < 1.29 is 9.59 Å². The highest BCUT2D eigenvalue weighted by atomic mass is 32.2. The highest BCUT2D eigenvalue weighted by molar-refractivity contribution is 7.98. The second kappa shape index (κ2) is 8.66. The van der Waals surface area contributed by atoms with E-state index in [1.807, 2.05) is 11.2 Å². The van der Waals surface area contributed by atoms with Gasteiger partial charge in [0.25, 0.3) is 0 Å². The minimum absolute atomic E-state index is 0.00635. The van der Waals surface area contributed by atoms with Gasteiger partial charge in [0.2, 0.25) is 11.8 Å². The van der Waals surface area contributed by atoms with Crippen LogP contribution in [0.3, 0.4) is 0 Å². The first-order valence-corrected chi connectivity index (χ1v) is 9.64. The predicted molar refractivity (Wildman–Crippen MR) is 87.3 cm³/mol. The van der Waals surface area contributed by atoms with Crippen molar-refractivity contribution in [1.29, 1.82) is 0 Å². The first-order chi connectivity index (χ1) is 10.2. The molecule has 1 saturated heterocycles. The molecule has 120 valence electrons. The third-order valence-electron chi connectivity index (χ3n) is 4.68. The molecule has 0 radical (unpaired) electrons. The normalized spacial score (nSPS) is 24.1. The maximum atomic E-state index is 12.2. The number of likely N-dealkylation sites (tertiary alicyclic amines) is 1. The molecule has 2 fully saturated rings. The first kappa shape index (κ1) is 16.7. The number of thioether (sulfide) groups is 1. The smallest absolute Gasteiger partial charge is 0.224 e. The van der Waals surface area contributed by atoms with Gasteiger partial charge in [-0.05, 0) is 31.4 Å². The van der Waals surface area contributed by atoms with Crippen molar-refractivity contribution in [2.24, 2.45) is 11.8 Å². The highest BCUT2D eigenvalue weighted by Crippen LogP contribution is 2.27. The maximum Gasteiger partial charge on any atom is 0.224 e. The summed E-state index contributed by atoms with van der Waals surface area (Å²) >= 11 is 1.74. The average Bonchev–Trinajstić information content (AvgIpc) is 2.50. The zero-order valence-corrected chi connectivity index (χ0v) is 13.9. The van der Waals surface area contributed by atoms with Crippen molar-refractivity contribution in [3.8, 4) is 0 Å². The molecule has 1 N–H and O–H groups in total. The van der Waals surface area contributed by atoms with E-state index in [1.54, 1.807) is 11.8 Å². The van der Waals surface area contributed by atoms with Gasteiger partial charge in [0, 0.05) is 31.8 Å². The molecule has 2 aliphatic rings. The molecule has 0 aromatic rings. The number of amides is 2. The number of piperidine rings is 1. The van der Waals surface area contributed by atoms with Gasteiger partial charge in [-0.25, -0.2) is 0 Å². The van der Waals surface area contributed by atoms with E-state index >= 15 is 0 Å². The lowest BCUT2D eigenvalue weighted by Crippen LogP contribution is -2.47. The number of nitrogens with one attached hydrogen (secondary N) is 1. The third kappa shape index (κ3) is 5.20. The highest BCUT2D eigenvalue weighted by Gasteiger charge is 2.31.